The average molecular weight is 223 g/mol. The molecule has 0 fully saturated rings. The summed E-state index contributed by atoms with van der Waals surface area (Å²) in [5.74, 6) is 0. The van der Waals surface area contributed by atoms with E-state index in [2.05, 4.69) is 0 Å². The van der Waals surface area contributed by atoms with Crippen LogP contribution in [0.1, 0.15) is 5.56 Å². The Bertz CT molecular complexity index is 349. The smallest absolute Gasteiger partial charge is 0.171 e. The van der Waals surface area contributed by atoms with Crippen molar-refractivity contribution in [2.45, 2.75) is 12.6 Å². The van der Waals surface area contributed by atoms with Crippen molar-refractivity contribution in [3.8, 4) is 0 Å². The first kappa shape index (κ1) is 11.1. The predicted molar refractivity (Wildman–Crippen MR) is 45.7 cm³/mol. The van der Waals surface area contributed by atoms with Crippen LogP contribution in [0.15, 0.2) is 24.3 Å². The Hall–Kier alpha value is -0.930. The zero-order valence-electron chi connectivity index (χ0n) is 6.95. The van der Waals surface area contributed by atoms with Gasteiger partial charge in [0, 0.05) is 5.56 Å². The molecule has 0 amide bonds. The van der Waals surface area contributed by atoms with Crippen LogP contribution in [0.25, 0.3) is 0 Å². The quantitative estimate of drug-likeness (QED) is 0.780. The van der Waals surface area contributed by atoms with Crippen molar-refractivity contribution < 1.29 is 22.6 Å². The maximum absolute atomic E-state index is 12.0. The average Bonchev–Trinajstić information content (AvgIpc) is 2.01. The molecule has 2 nitrogen and oxygen atoms in total. The molecule has 1 atom stereocenters. The normalized spacial score (nSPS) is 12.7. The van der Waals surface area contributed by atoms with E-state index in [1.807, 2.05) is 0 Å². The molecule has 1 rings (SSSR count). The molecule has 0 radical (unpaired) electrons. The third-order valence-electron chi connectivity index (χ3n) is 1.59. The maximum atomic E-state index is 12.0. The van der Waals surface area contributed by atoms with Crippen LogP contribution < -0.4 is 5.30 Å². The van der Waals surface area contributed by atoms with Crippen LogP contribution in [0, 0.1) is 0 Å². The van der Waals surface area contributed by atoms with Crippen LogP contribution in [-0.4, -0.2) is 11.1 Å². The first-order valence-corrected chi connectivity index (χ1v) is 4.92. The second-order valence-corrected chi connectivity index (χ2v) is 3.72. The largest absolute Gasteiger partial charge is 0.546 e. The van der Waals surface area contributed by atoms with Gasteiger partial charge in [0.15, 0.2) is 0 Å². The fourth-order valence-electron chi connectivity index (χ4n) is 1.06. The van der Waals surface area contributed by atoms with E-state index in [9.17, 15) is 17.7 Å². The molecule has 14 heavy (non-hydrogen) atoms. The molecule has 1 aromatic carbocycles. The molecule has 0 saturated carbocycles. The molecule has 1 unspecified atom stereocenters. The van der Waals surface area contributed by atoms with Gasteiger partial charge in [0.25, 0.3) is 0 Å². The minimum atomic E-state index is -4.36. The molecule has 1 aromatic rings. The Morgan fingerprint density at radius 3 is 2.36 bits per heavy atom. The number of benzene rings is 1. The highest BCUT2D eigenvalue weighted by Gasteiger charge is 2.32. The van der Waals surface area contributed by atoms with E-state index < -0.39 is 20.6 Å². The Labute approximate surface area is 79.2 Å². The van der Waals surface area contributed by atoms with E-state index in [4.69, 9.17) is 4.89 Å². The van der Waals surface area contributed by atoms with Crippen molar-refractivity contribution in [1.82, 2.24) is 0 Å². The monoisotopic (exact) mass is 223 g/mol. The molecule has 0 aromatic heterocycles. The zero-order valence-corrected chi connectivity index (χ0v) is 7.85. The number of hydrogen-bond acceptors (Lipinski definition) is 1. The van der Waals surface area contributed by atoms with Gasteiger partial charge in [0.05, 0.1) is 6.42 Å². The summed E-state index contributed by atoms with van der Waals surface area (Å²) < 4.78 is 46.7. The van der Waals surface area contributed by atoms with E-state index in [-0.39, 0.29) is 10.9 Å². The highest BCUT2D eigenvalue weighted by atomic mass is 31.1. The van der Waals surface area contributed by atoms with Gasteiger partial charge in [-0.25, -0.2) is 0 Å². The Morgan fingerprint density at radius 2 is 1.86 bits per heavy atom. The Kier molecular flexibility index (Phi) is 3.24. The summed E-state index contributed by atoms with van der Waals surface area (Å²) in [5, 5.41) is -0.153. The van der Waals surface area contributed by atoms with Gasteiger partial charge in [0.2, 0.25) is 5.30 Å². The number of alkyl halides is 3. The summed E-state index contributed by atoms with van der Waals surface area (Å²) in [5.41, 5.74) is -0.149. The highest BCUT2D eigenvalue weighted by molar-refractivity contribution is 7.47. The topological polar surface area (TPSA) is 37.3 Å². The first-order chi connectivity index (χ1) is 6.40. The summed E-state index contributed by atoms with van der Waals surface area (Å²) in [7, 11) is -2.72. The van der Waals surface area contributed by atoms with Gasteiger partial charge in [-0.3, -0.25) is 0 Å². The standard InChI is InChI=1S/C8H6F3O2P/c9-8(10,11)5-6-3-1-2-4-7(6)14(12)13/h1-4H,5H2/p+1. The van der Waals surface area contributed by atoms with Crippen molar-refractivity contribution >= 4 is 13.3 Å². The molecular formula is C8H7F3O2P+. The van der Waals surface area contributed by atoms with Crippen molar-refractivity contribution in [2.75, 3.05) is 0 Å². The summed E-state index contributed by atoms with van der Waals surface area (Å²) >= 11 is 0. The first-order valence-electron chi connectivity index (χ1n) is 3.71. The van der Waals surface area contributed by atoms with Crippen molar-refractivity contribution in [1.29, 1.82) is 0 Å². The van der Waals surface area contributed by atoms with E-state index >= 15 is 0 Å². The molecule has 0 aliphatic carbocycles. The lowest BCUT2D eigenvalue weighted by atomic mass is 10.1. The lowest BCUT2D eigenvalue weighted by Gasteiger charge is -2.04. The number of rotatable bonds is 2. The minimum absolute atomic E-state index is 0.149. The van der Waals surface area contributed by atoms with Gasteiger partial charge in [-0.05, 0) is 10.6 Å². The Morgan fingerprint density at radius 1 is 1.29 bits per heavy atom. The van der Waals surface area contributed by atoms with E-state index in [1.54, 1.807) is 0 Å². The molecule has 76 valence electrons. The van der Waals surface area contributed by atoms with Gasteiger partial charge < -0.3 is 0 Å². The highest BCUT2D eigenvalue weighted by Crippen LogP contribution is 2.24. The van der Waals surface area contributed by atoms with Crippen LogP contribution in [0.5, 0.6) is 0 Å². The lowest BCUT2D eigenvalue weighted by molar-refractivity contribution is -0.127. The third-order valence-corrected chi connectivity index (χ3v) is 2.44. The van der Waals surface area contributed by atoms with Crippen LogP contribution in [0.4, 0.5) is 13.2 Å². The number of hydrogen-bond donors (Lipinski definition) is 1. The second kappa shape index (κ2) is 4.07. The molecule has 6 heteroatoms. The minimum Gasteiger partial charge on any atom is -0.171 e. The molecule has 0 saturated heterocycles. The predicted octanol–water partition coefficient (Wildman–Crippen LogP) is 2.15. The van der Waals surface area contributed by atoms with Crippen LogP contribution >= 0.6 is 8.03 Å². The van der Waals surface area contributed by atoms with Gasteiger partial charge >= 0.3 is 14.2 Å². The molecule has 0 bridgehead atoms. The molecular weight excluding hydrogens is 216 g/mol. The van der Waals surface area contributed by atoms with Crippen molar-refractivity contribution in [3.05, 3.63) is 29.8 Å². The fraction of sp³-hybridized carbons (Fsp3) is 0.250. The Balaban J connectivity index is 3.02. The van der Waals surface area contributed by atoms with E-state index in [1.165, 1.54) is 24.3 Å². The van der Waals surface area contributed by atoms with Gasteiger partial charge in [0.1, 0.15) is 0 Å². The number of halogens is 3. The van der Waals surface area contributed by atoms with Crippen molar-refractivity contribution in [2.24, 2.45) is 0 Å². The van der Waals surface area contributed by atoms with E-state index in [0.29, 0.717) is 0 Å². The second-order valence-electron chi connectivity index (χ2n) is 2.69. The summed E-state index contributed by atoms with van der Waals surface area (Å²) in [6.07, 6.45) is -5.54. The molecule has 0 spiro atoms. The maximum Gasteiger partial charge on any atom is 0.546 e. The van der Waals surface area contributed by atoms with Crippen LogP contribution in [-0.2, 0) is 11.0 Å². The fourth-order valence-corrected chi connectivity index (χ4v) is 1.68. The van der Waals surface area contributed by atoms with Crippen LogP contribution in [0.2, 0.25) is 0 Å². The van der Waals surface area contributed by atoms with E-state index in [0.717, 1.165) is 0 Å². The van der Waals surface area contributed by atoms with Crippen LogP contribution in [0.3, 0.4) is 0 Å². The van der Waals surface area contributed by atoms with Gasteiger partial charge in [-0.1, -0.05) is 18.2 Å². The lowest BCUT2D eigenvalue weighted by Crippen LogP contribution is -2.17. The molecule has 0 aliphatic heterocycles. The van der Waals surface area contributed by atoms with Gasteiger partial charge in [-0.15, -0.1) is 0 Å². The van der Waals surface area contributed by atoms with Crippen molar-refractivity contribution in [3.63, 3.8) is 0 Å². The molecule has 0 heterocycles. The van der Waals surface area contributed by atoms with Gasteiger partial charge in [-0.2, -0.15) is 18.1 Å². The SMILES string of the molecule is O=[P+](O)c1ccccc1CC(F)(F)F. The zero-order chi connectivity index (χ0) is 10.8. The summed E-state index contributed by atoms with van der Waals surface area (Å²) in [4.78, 5) is 8.74. The summed E-state index contributed by atoms with van der Waals surface area (Å²) in [6, 6.07) is 5.26. The molecule has 1 N–H and O–H groups in total. The summed E-state index contributed by atoms with van der Waals surface area (Å²) in [6.45, 7) is 0. The molecule has 0 aliphatic rings. The third kappa shape index (κ3) is 3.09.